The lowest BCUT2D eigenvalue weighted by molar-refractivity contribution is 0.415. The Morgan fingerprint density at radius 3 is 2.81 bits per heavy atom. The molecule has 1 aromatic carbocycles. The maximum Gasteiger partial charge on any atom is 0.171 e. The molecule has 0 spiro atoms. The summed E-state index contributed by atoms with van der Waals surface area (Å²) >= 11 is 11.3. The van der Waals surface area contributed by atoms with Crippen molar-refractivity contribution in [2.45, 2.75) is 19.9 Å². The molecule has 0 aliphatic carbocycles. The normalized spacial score (nSPS) is 18.5. The molecule has 1 heterocycles. The van der Waals surface area contributed by atoms with Crippen LogP contribution in [0.2, 0.25) is 5.02 Å². The Kier molecular flexibility index (Phi) is 2.95. The van der Waals surface area contributed by atoms with Gasteiger partial charge >= 0.3 is 0 Å². The van der Waals surface area contributed by atoms with E-state index in [4.69, 9.17) is 28.6 Å². The fourth-order valence-electron chi connectivity index (χ4n) is 1.99. The summed E-state index contributed by atoms with van der Waals surface area (Å²) in [5, 5.41) is 7.59. The number of halogens is 1. The summed E-state index contributed by atoms with van der Waals surface area (Å²) in [6.45, 7) is 4.05. The van der Waals surface area contributed by atoms with Crippen LogP contribution in [0.1, 0.15) is 24.1 Å². The minimum Gasteiger partial charge on any atom is -0.495 e. The molecule has 0 aromatic heterocycles. The van der Waals surface area contributed by atoms with Gasteiger partial charge in [-0.05, 0) is 31.6 Å². The van der Waals surface area contributed by atoms with Gasteiger partial charge in [-0.2, -0.15) is 0 Å². The van der Waals surface area contributed by atoms with E-state index < -0.39 is 0 Å². The third kappa shape index (κ3) is 1.72. The first-order valence-corrected chi connectivity index (χ1v) is 5.77. The largest absolute Gasteiger partial charge is 0.495 e. The van der Waals surface area contributed by atoms with Gasteiger partial charge < -0.3 is 15.4 Å². The van der Waals surface area contributed by atoms with Crippen LogP contribution < -0.4 is 15.4 Å². The average Bonchev–Trinajstić information content (AvgIpc) is 2.22. The highest BCUT2D eigenvalue weighted by Gasteiger charge is 2.25. The Morgan fingerprint density at radius 2 is 2.19 bits per heavy atom. The number of hydrogen-bond donors (Lipinski definition) is 2. The fraction of sp³-hybridized carbons (Fsp3) is 0.364. The Bertz CT molecular complexity index is 462. The van der Waals surface area contributed by atoms with Crippen molar-refractivity contribution in [3.05, 3.63) is 22.2 Å². The molecule has 3 nitrogen and oxygen atoms in total. The van der Waals surface area contributed by atoms with Crippen LogP contribution in [0, 0.1) is 6.92 Å². The number of hydrogen-bond acceptors (Lipinski definition) is 2. The maximum absolute atomic E-state index is 6.16. The molecule has 1 aliphatic heterocycles. The summed E-state index contributed by atoms with van der Waals surface area (Å²) in [5.74, 6) is 0.723. The van der Waals surface area contributed by atoms with E-state index in [0.717, 1.165) is 22.6 Å². The summed E-state index contributed by atoms with van der Waals surface area (Å²) < 4.78 is 5.31. The molecule has 0 saturated heterocycles. The smallest absolute Gasteiger partial charge is 0.171 e. The van der Waals surface area contributed by atoms with Crippen molar-refractivity contribution in [1.82, 2.24) is 5.32 Å². The van der Waals surface area contributed by atoms with Gasteiger partial charge in [0.05, 0.1) is 18.8 Å². The van der Waals surface area contributed by atoms with Gasteiger partial charge in [-0.15, -0.1) is 0 Å². The second-order valence-corrected chi connectivity index (χ2v) is 4.61. The molecule has 1 atom stereocenters. The highest BCUT2D eigenvalue weighted by Crippen LogP contribution is 2.40. The second-order valence-electron chi connectivity index (χ2n) is 3.79. The van der Waals surface area contributed by atoms with Gasteiger partial charge in [0.15, 0.2) is 5.11 Å². The lowest BCUT2D eigenvalue weighted by atomic mass is 9.98. The van der Waals surface area contributed by atoms with Crippen molar-refractivity contribution < 1.29 is 4.74 Å². The molecule has 2 N–H and O–H groups in total. The third-order valence-electron chi connectivity index (χ3n) is 2.77. The van der Waals surface area contributed by atoms with Crippen LogP contribution in [0.3, 0.4) is 0 Å². The number of methoxy groups -OCH3 is 1. The lowest BCUT2D eigenvalue weighted by Crippen LogP contribution is -2.36. The van der Waals surface area contributed by atoms with E-state index in [0.29, 0.717) is 10.1 Å². The summed E-state index contributed by atoms with van der Waals surface area (Å²) in [7, 11) is 1.62. The maximum atomic E-state index is 6.16. The summed E-state index contributed by atoms with van der Waals surface area (Å²) in [6, 6.07) is 1.94. The molecular formula is C11H13ClN2OS. The molecule has 0 radical (unpaired) electrons. The Hall–Kier alpha value is -1.00. The number of rotatable bonds is 1. The van der Waals surface area contributed by atoms with E-state index in [-0.39, 0.29) is 6.04 Å². The zero-order valence-corrected chi connectivity index (χ0v) is 10.9. The topological polar surface area (TPSA) is 33.3 Å². The molecule has 1 aromatic rings. The minimum absolute atomic E-state index is 0.136. The van der Waals surface area contributed by atoms with E-state index in [9.17, 15) is 0 Å². The van der Waals surface area contributed by atoms with Gasteiger partial charge in [0.25, 0.3) is 0 Å². The zero-order chi connectivity index (χ0) is 11.9. The van der Waals surface area contributed by atoms with Crippen LogP contribution in [0.25, 0.3) is 0 Å². The number of anilines is 1. The second kappa shape index (κ2) is 4.11. The Morgan fingerprint density at radius 1 is 1.50 bits per heavy atom. The summed E-state index contributed by atoms with van der Waals surface area (Å²) in [5.41, 5.74) is 3.08. The molecule has 2 rings (SSSR count). The molecule has 5 heteroatoms. The number of nitrogens with one attached hydrogen (secondary N) is 2. The predicted molar refractivity (Wildman–Crippen MR) is 70.5 cm³/mol. The molecule has 86 valence electrons. The SMILES string of the molecule is COc1cc(Cl)c(C)c2c1NC(=S)NC2C. The molecular weight excluding hydrogens is 244 g/mol. The number of benzene rings is 1. The monoisotopic (exact) mass is 256 g/mol. The predicted octanol–water partition coefficient (Wildman–Crippen LogP) is 3.02. The number of ether oxygens (including phenoxy) is 1. The summed E-state index contributed by atoms with van der Waals surface area (Å²) in [4.78, 5) is 0. The van der Waals surface area contributed by atoms with E-state index in [2.05, 4.69) is 17.6 Å². The molecule has 0 amide bonds. The first kappa shape index (κ1) is 11.5. The van der Waals surface area contributed by atoms with Crippen molar-refractivity contribution >= 4 is 34.6 Å². The molecule has 16 heavy (non-hydrogen) atoms. The van der Waals surface area contributed by atoms with Crippen LogP contribution in [0.15, 0.2) is 6.07 Å². The third-order valence-corrected chi connectivity index (χ3v) is 3.39. The van der Waals surface area contributed by atoms with Crippen LogP contribution in [0.5, 0.6) is 5.75 Å². The van der Waals surface area contributed by atoms with Gasteiger partial charge in [-0.3, -0.25) is 0 Å². The number of thiocarbonyl (C=S) groups is 1. The molecule has 1 aliphatic rings. The quantitative estimate of drug-likeness (QED) is 0.757. The molecule has 1 unspecified atom stereocenters. The van der Waals surface area contributed by atoms with Gasteiger partial charge in [-0.1, -0.05) is 11.6 Å². The van der Waals surface area contributed by atoms with Gasteiger partial charge in [0.1, 0.15) is 5.75 Å². The van der Waals surface area contributed by atoms with Gasteiger partial charge in [0, 0.05) is 16.7 Å². The van der Waals surface area contributed by atoms with Crippen molar-refractivity contribution in [3.8, 4) is 5.75 Å². The minimum atomic E-state index is 0.136. The first-order valence-electron chi connectivity index (χ1n) is 4.99. The van der Waals surface area contributed by atoms with Crippen molar-refractivity contribution in [2.75, 3.05) is 12.4 Å². The van der Waals surface area contributed by atoms with Crippen LogP contribution in [-0.2, 0) is 0 Å². The van der Waals surface area contributed by atoms with E-state index in [1.165, 1.54) is 0 Å². The first-order chi connectivity index (χ1) is 7.54. The van der Waals surface area contributed by atoms with Gasteiger partial charge in [-0.25, -0.2) is 0 Å². The lowest BCUT2D eigenvalue weighted by Gasteiger charge is -2.29. The van der Waals surface area contributed by atoms with Crippen LogP contribution in [-0.4, -0.2) is 12.2 Å². The van der Waals surface area contributed by atoms with Crippen LogP contribution in [0.4, 0.5) is 5.69 Å². The van der Waals surface area contributed by atoms with Crippen molar-refractivity contribution in [1.29, 1.82) is 0 Å². The van der Waals surface area contributed by atoms with E-state index in [1.807, 2.05) is 13.0 Å². The Labute approximate surface area is 105 Å². The van der Waals surface area contributed by atoms with E-state index >= 15 is 0 Å². The zero-order valence-electron chi connectivity index (χ0n) is 9.35. The van der Waals surface area contributed by atoms with Gasteiger partial charge in [0.2, 0.25) is 0 Å². The van der Waals surface area contributed by atoms with E-state index in [1.54, 1.807) is 7.11 Å². The van der Waals surface area contributed by atoms with Crippen LogP contribution >= 0.6 is 23.8 Å². The standard InChI is InChI=1S/C11H13ClN2OS/c1-5-7(12)4-8(15-3)10-9(5)6(2)13-11(16)14-10/h4,6H,1-3H3,(H2,13,14,16). The summed E-state index contributed by atoms with van der Waals surface area (Å²) in [6.07, 6.45) is 0. The highest BCUT2D eigenvalue weighted by atomic mass is 35.5. The Balaban J connectivity index is 2.68. The molecule has 0 saturated carbocycles. The number of fused-ring (bicyclic) bond motifs is 1. The highest BCUT2D eigenvalue weighted by molar-refractivity contribution is 7.80. The van der Waals surface area contributed by atoms with Crippen molar-refractivity contribution in [2.24, 2.45) is 0 Å². The fourth-order valence-corrected chi connectivity index (χ4v) is 2.47. The molecule has 0 bridgehead atoms. The molecule has 0 fully saturated rings. The average molecular weight is 257 g/mol. The van der Waals surface area contributed by atoms with Crippen molar-refractivity contribution in [3.63, 3.8) is 0 Å².